The molecule has 0 radical (unpaired) electrons. The summed E-state index contributed by atoms with van der Waals surface area (Å²) in [6.45, 7) is 2.25. The van der Waals surface area contributed by atoms with E-state index in [4.69, 9.17) is 5.73 Å². The van der Waals surface area contributed by atoms with E-state index < -0.39 is 0 Å². The summed E-state index contributed by atoms with van der Waals surface area (Å²) in [6, 6.07) is 4.53. The van der Waals surface area contributed by atoms with Gasteiger partial charge < -0.3 is 10.6 Å². The average molecular weight is 205 g/mol. The standard InChI is InChI=1S/C12H19N3/c1-15-7-4-12(13)11(9-15)8-10-2-5-14-6-3-10/h2-3,5-6,11-12H,4,7-9,13H2,1H3/t11-,12-/m1/s1. The third kappa shape index (κ3) is 2.76. The van der Waals surface area contributed by atoms with Crippen LogP contribution in [0.25, 0.3) is 0 Å². The summed E-state index contributed by atoms with van der Waals surface area (Å²) in [5, 5.41) is 0. The molecule has 0 aromatic carbocycles. The van der Waals surface area contributed by atoms with Crippen molar-refractivity contribution in [2.45, 2.75) is 18.9 Å². The molecule has 2 atom stereocenters. The molecular weight excluding hydrogens is 186 g/mol. The lowest BCUT2D eigenvalue weighted by Crippen LogP contribution is -2.46. The maximum absolute atomic E-state index is 6.15. The summed E-state index contributed by atoms with van der Waals surface area (Å²) in [5.41, 5.74) is 7.49. The Morgan fingerprint density at radius 3 is 2.93 bits per heavy atom. The number of hydrogen-bond acceptors (Lipinski definition) is 3. The van der Waals surface area contributed by atoms with Crippen molar-refractivity contribution in [2.75, 3.05) is 20.1 Å². The Labute approximate surface area is 91.3 Å². The topological polar surface area (TPSA) is 42.1 Å². The molecule has 0 unspecified atom stereocenters. The Morgan fingerprint density at radius 2 is 2.20 bits per heavy atom. The quantitative estimate of drug-likeness (QED) is 0.780. The number of pyridine rings is 1. The highest BCUT2D eigenvalue weighted by atomic mass is 15.1. The molecule has 1 aliphatic heterocycles. The first-order valence-corrected chi connectivity index (χ1v) is 5.59. The summed E-state index contributed by atoms with van der Waals surface area (Å²) < 4.78 is 0. The van der Waals surface area contributed by atoms with E-state index in [0.717, 1.165) is 25.9 Å². The molecule has 2 rings (SSSR count). The van der Waals surface area contributed by atoms with Gasteiger partial charge in [0.25, 0.3) is 0 Å². The van der Waals surface area contributed by atoms with Crippen LogP contribution in [0.4, 0.5) is 0 Å². The van der Waals surface area contributed by atoms with Crippen LogP contribution >= 0.6 is 0 Å². The van der Waals surface area contributed by atoms with Crippen molar-refractivity contribution in [1.29, 1.82) is 0 Å². The van der Waals surface area contributed by atoms with Crippen LogP contribution in [0.15, 0.2) is 24.5 Å². The van der Waals surface area contributed by atoms with Crippen molar-refractivity contribution < 1.29 is 0 Å². The van der Waals surface area contributed by atoms with E-state index in [-0.39, 0.29) is 0 Å². The van der Waals surface area contributed by atoms with E-state index in [1.165, 1.54) is 5.56 Å². The molecule has 1 saturated heterocycles. The molecular formula is C12H19N3. The molecule has 0 aliphatic carbocycles. The minimum atomic E-state index is 0.356. The zero-order valence-electron chi connectivity index (χ0n) is 9.26. The van der Waals surface area contributed by atoms with Gasteiger partial charge in [-0.3, -0.25) is 4.98 Å². The fourth-order valence-electron chi connectivity index (χ4n) is 2.27. The number of rotatable bonds is 2. The number of piperidine rings is 1. The summed E-state index contributed by atoms with van der Waals surface area (Å²) in [5.74, 6) is 0.589. The van der Waals surface area contributed by atoms with Crippen LogP contribution < -0.4 is 5.73 Å². The summed E-state index contributed by atoms with van der Waals surface area (Å²) >= 11 is 0. The molecule has 15 heavy (non-hydrogen) atoms. The fraction of sp³-hybridized carbons (Fsp3) is 0.583. The summed E-state index contributed by atoms with van der Waals surface area (Å²) in [4.78, 5) is 6.40. The number of nitrogens with two attached hydrogens (primary N) is 1. The molecule has 3 heteroatoms. The molecule has 82 valence electrons. The largest absolute Gasteiger partial charge is 0.327 e. The van der Waals surface area contributed by atoms with Crippen molar-refractivity contribution in [3.8, 4) is 0 Å². The van der Waals surface area contributed by atoms with Gasteiger partial charge in [0.1, 0.15) is 0 Å². The van der Waals surface area contributed by atoms with Crippen LogP contribution in [0.3, 0.4) is 0 Å². The highest BCUT2D eigenvalue weighted by molar-refractivity contribution is 5.11. The third-order valence-electron chi connectivity index (χ3n) is 3.24. The van der Waals surface area contributed by atoms with Crippen LogP contribution in [-0.2, 0) is 6.42 Å². The second-order valence-corrected chi connectivity index (χ2v) is 4.53. The Morgan fingerprint density at radius 1 is 1.47 bits per heavy atom. The maximum Gasteiger partial charge on any atom is 0.0270 e. The van der Waals surface area contributed by atoms with Crippen LogP contribution in [-0.4, -0.2) is 36.1 Å². The number of likely N-dealkylation sites (tertiary alicyclic amines) is 1. The van der Waals surface area contributed by atoms with E-state index in [1.807, 2.05) is 12.4 Å². The van der Waals surface area contributed by atoms with Crippen LogP contribution in [0, 0.1) is 5.92 Å². The second-order valence-electron chi connectivity index (χ2n) is 4.53. The molecule has 2 N–H and O–H groups in total. The predicted molar refractivity (Wildman–Crippen MR) is 61.5 cm³/mol. The summed E-state index contributed by atoms with van der Waals surface area (Å²) in [6.07, 6.45) is 5.90. The first-order chi connectivity index (χ1) is 7.25. The van der Waals surface area contributed by atoms with E-state index in [0.29, 0.717) is 12.0 Å². The van der Waals surface area contributed by atoms with E-state index >= 15 is 0 Å². The highest BCUT2D eigenvalue weighted by Crippen LogP contribution is 2.18. The molecule has 3 nitrogen and oxygen atoms in total. The molecule has 1 aromatic heterocycles. The van der Waals surface area contributed by atoms with Gasteiger partial charge in [-0.2, -0.15) is 0 Å². The van der Waals surface area contributed by atoms with Gasteiger partial charge in [0.15, 0.2) is 0 Å². The van der Waals surface area contributed by atoms with E-state index in [2.05, 4.69) is 29.1 Å². The fourth-order valence-corrected chi connectivity index (χ4v) is 2.27. The number of hydrogen-bond donors (Lipinski definition) is 1. The van der Waals surface area contributed by atoms with Crippen molar-refractivity contribution in [1.82, 2.24) is 9.88 Å². The lowest BCUT2D eigenvalue weighted by Gasteiger charge is -2.34. The third-order valence-corrected chi connectivity index (χ3v) is 3.24. The number of nitrogens with zero attached hydrogens (tertiary/aromatic N) is 2. The predicted octanol–water partition coefficient (Wildman–Crippen LogP) is 0.903. The Bertz CT molecular complexity index is 299. The smallest absolute Gasteiger partial charge is 0.0270 e. The van der Waals surface area contributed by atoms with Gasteiger partial charge in [0, 0.05) is 25.0 Å². The Hall–Kier alpha value is -0.930. The summed E-state index contributed by atoms with van der Waals surface area (Å²) in [7, 11) is 2.17. The molecule has 1 fully saturated rings. The van der Waals surface area contributed by atoms with Crippen molar-refractivity contribution in [3.05, 3.63) is 30.1 Å². The SMILES string of the molecule is CN1CC[C@@H](N)[C@H](Cc2ccncc2)C1. The van der Waals surface area contributed by atoms with Crippen molar-refractivity contribution >= 4 is 0 Å². The van der Waals surface area contributed by atoms with Gasteiger partial charge in [-0.25, -0.2) is 0 Å². The van der Waals surface area contributed by atoms with Gasteiger partial charge in [-0.05, 0) is 50.0 Å². The van der Waals surface area contributed by atoms with Gasteiger partial charge in [-0.15, -0.1) is 0 Å². The molecule has 1 aromatic rings. The zero-order valence-corrected chi connectivity index (χ0v) is 9.26. The molecule has 0 amide bonds. The van der Waals surface area contributed by atoms with Gasteiger partial charge in [0.05, 0.1) is 0 Å². The monoisotopic (exact) mass is 205 g/mol. The van der Waals surface area contributed by atoms with Gasteiger partial charge in [0.2, 0.25) is 0 Å². The van der Waals surface area contributed by atoms with E-state index in [1.54, 1.807) is 0 Å². The molecule has 0 saturated carbocycles. The van der Waals surface area contributed by atoms with Crippen LogP contribution in [0.5, 0.6) is 0 Å². The maximum atomic E-state index is 6.15. The lowest BCUT2D eigenvalue weighted by molar-refractivity contribution is 0.185. The molecule has 1 aliphatic rings. The Balaban J connectivity index is 1.98. The molecule has 0 spiro atoms. The van der Waals surface area contributed by atoms with E-state index in [9.17, 15) is 0 Å². The molecule has 2 heterocycles. The zero-order chi connectivity index (χ0) is 10.7. The van der Waals surface area contributed by atoms with Gasteiger partial charge in [-0.1, -0.05) is 0 Å². The minimum absolute atomic E-state index is 0.356. The minimum Gasteiger partial charge on any atom is -0.327 e. The van der Waals surface area contributed by atoms with Crippen LogP contribution in [0.1, 0.15) is 12.0 Å². The first-order valence-electron chi connectivity index (χ1n) is 5.59. The Kier molecular flexibility index (Phi) is 3.34. The van der Waals surface area contributed by atoms with Crippen molar-refractivity contribution in [2.24, 2.45) is 11.7 Å². The number of aromatic nitrogens is 1. The highest BCUT2D eigenvalue weighted by Gasteiger charge is 2.24. The average Bonchev–Trinajstić information content (AvgIpc) is 2.25. The van der Waals surface area contributed by atoms with Gasteiger partial charge >= 0.3 is 0 Å². The lowest BCUT2D eigenvalue weighted by atomic mass is 9.88. The van der Waals surface area contributed by atoms with Crippen molar-refractivity contribution in [3.63, 3.8) is 0 Å². The van der Waals surface area contributed by atoms with Crippen LogP contribution in [0.2, 0.25) is 0 Å². The molecule has 0 bridgehead atoms. The first kappa shape index (κ1) is 10.6. The normalized spacial score (nSPS) is 27.9. The second kappa shape index (κ2) is 4.73.